The van der Waals surface area contributed by atoms with E-state index in [1.165, 1.54) is 42.5 Å². The molecule has 0 unspecified atom stereocenters. The summed E-state index contributed by atoms with van der Waals surface area (Å²) < 4.78 is 0. The van der Waals surface area contributed by atoms with Crippen molar-refractivity contribution < 1.29 is 0 Å². The molecule has 2 aromatic carbocycles. The van der Waals surface area contributed by atoms with Crippen molar-refractivity contribution in [3.8, 4) is 11.1 Å². The molecule has 2 aromatic rings. The van der Waals surface area contributed by atoms with Crippen molar-refractivity contribution in [3.05, 3.63) is 54.6 Å². The molecule has 3 rings (SSSR count). The van der Waals surface area contributed by atoms with Crippen molar-refractivity contribution in [1.29, 1.82) is 0 Å². The molecule has 0 atom stereocenters. The van der Waals surface area contributed by atoms with Crippen LogP contribution in [0.1, 0.15) is 32.6 Å². The average molecular weight is 265 g/mol. The molecule has 1 nitrogen and oxygen atoms in total. The van der Waals surface area contributed by atoms with Gasteiger partial charge in [0.1, 0.15) is 0 Å². The van der Waals surface area contributed by atoms with E-state index < -0.39 is 0 Å². The number of benzene rings is 2. The van der Waals surface area contributed by atoms with Gasteiger partial charge in [0, 0.05) is 11.7 Å². The fourth-order valence-electron chi connectivity index (χ4n) is 3.03. The van der Waals surface area contributed by atoms with Crippen LogP contribution in [0.5, 0.6) is 0 Å². The molecule has 20 heavy (non-hydrogen) atoms. The first-order valence-corrected chi connectivity index (χ1v) is 7.73. The molecule has 1 aliphatic carbocycles. The summed E-state index contributed by atoms with van der Waals surface area (Å²) in [5.41, 5.74) is 3.82. The maximum Gasteiger partial charge on any atom is 0.0342 e. The van der Waals surface area contributed by atoms with E-state index in [0.29, 0.717) is 6.04 Å². The third kappa shape index (κ3) is 3.22. The lowest BCUT2D eigenvalue weighted by Crippen LogP contribution is -2.25. The van der Waals surface area contributed by atoms with Crippen molar-refractivity contribution in [1.82, 2.24) is 0 Å². The summed E-state index contributed by atoms with van der Waals surface area (Å²) in [5.74, 6) is 0.911. The third-order valence-electron chi connectivity index (χ3n) is 4.38. The molecule has 0 saturated heterocycles. The monoisotopic (exact) mass is 265 g/mol. The summed E-state index contributed by atoms with van der Waals surface area (Å²) in [6, 6.07) is 20.1. The minimum atomic E-state index is 0.661. The van der Waals surface area contributed by atoms with Crippen LogP contribution in [-0.2, 0) is 0 Å². The summed E-state index contributed by atoms with van der Waals surface area (Å²) in [5, 5.41) is 3.68. The third-order valence-corrected chi connectivity index (χ3v) is 4.38. The fraction of sp³-hybridized carbons (Fsp3) is 0.368. The molecule has 104 valence electrons. The van der Waals surface area contributed by atoms with Gasteiger partial charge in [-0.1, -0.05) is 49.4 Å². The van der Waals surface area contributed by atoms with E-state index in [1.807, 2.05) is 0 Å². The van der Waals surface area contributed by atoms with E-state index in [-0.39, 0.29) is 0 Å². The van der Waals surface area contributed by atoms with Gasteiger partial charge in [0.2, 0.25) is 0 Å². The quantitative estimate of drug-likeness (QED) is 0.789. The smallest absolute Gasteiger partial charge is 0.0342 e. The van der Waals surface area contributed by atoms with E-state index in [1.54, 1.807) is 0 Å². The van der Waals surface area contributed by atoms with Gasteiger partial charge in [0.25, 0.3) is 0 Å². The molecule has 1 aliphatic rings. The number of rotatable bonds is 3. The second-order valence-electron chi connectivity index (χ2n) is 6.04. The van der Waals surface area contributed by atoms with Crippen molar-refractivity contribution in [3.63, 3.8) is 0 Å². The van der Waals surface area contributed by atoms with E-state index in [9.17, 15) is 0 Å². The zero-order valence-corrected chi connectivity index (χ0v) is 12.2. The standard InChI is InChI=1S/C19H23N/c1-15-7-11-18(12-8-15)20-19-13-9-17(10-14-19)16-5-3-2-4-6-16/h2-6,9-10,13-15,18,20H,7-8,11-12H2,1H3. The van der Waals surface area contributed by atoms with Crippen LogP contribution in [0.2, 0.25) is 0 Å². The molecule has 0 heterocycles. The normalized spacial score (nSPS) is 22.4. The van der Waals surface area contributed by atoms with Crippen LogP contribution in [0.4, 0.5) is 5.69 Å². The predicted octanol–water partition coefficient (Wildman–Crippen LogP) is 5.34. The van der Waals surface area contributed by atoms with Crippen LogP contribution in [0.25, 0.3) is 11.1 Å². The minimum Gasteiger partial charge on any atom is -0.382 e. The van der Waals surface area contributed by atoms with Crippen LogP contribution >= 0.6 is 0 Å². The highest BCUT2D eigenvalue weighted by Gasteiger charge is 2.17. The summed E-state index contributed by atoms with van der Waals surface area (Å²) in [6.07, 6.45) is 5.34. The Hall–Kier alpha value is -1.76. The van der Waals surface area contributed by atoms with Crippen LogP contribution in [0.3, 0.4) is 0 Å². The molecule has 0 amide bonds. The molecule has 0 radical (unpaired) electrons. The number of hydrogen-bond acceptors (Lipinski definition) is 1. The van der Waals surface area contributed by atoms with Gasteiger partial charge in [-0.25, -0.2) is 0 Å². The van der Waals surface area contributed by atoms with Crippen LogP contribution in [-0.4, -0.2) is 6.04 Å². The van der Waals surface area contributed by atoms with Gasteiger partial charge in [-0.15, -0.1) is 0 Å². The van der Waals surface area contributed by atoms with E-state index in [4.69, 9.17) is 0 Å². The molecule has 1 N–H and O–H groups in total. The predicted molar refractivity (Wildman–Crippen MR) is 86.9 cm³/mol. The highest BCUT2D eigenvalue weighted by molar-refractivity contribution is 5.65. The van der Waals surface area contributed by atoms with Gasteiger partial charge < -0.3 is 5.32 Å². The summed E-state index contributed by atoms with van der Waals surface area (Å²) in [4.78, 5) is 0. The van der Waals surface area contributed by atoms with Crippen LogP contribution < -0.4 is 5.32 Å². The number of nitrogens with one attached hydrogen (secondary N) is 1. The Balaban J connectivity index is 1.65. The Morgan fingerprint density at radius 1 is 0.750 bits per heavy atom. The zero-order chi connectivity index (χ0) is 13.8. The van der Waals surface area contributed by atoms with Gasteiger partial charge in [-0.2, -0.15) is 0 Å². The van der Waals surface area contributed by atoms with Crippen LogP contribution in [0, 0.1) is 5.92 Å². The van der Waals surface area contributed by atoms with E-state index in [2.05, 4.69) is 66.8 Å². The van der Waals surface area contributed by atoms with Gasteiger partial charge in [-0.3, -0.25) is 0 Å². The Kier molecular flexibility index (Phi) is 4.05. The van der Waals surface area contributed by atoms with E-state index in [0.717, 1.165) is 5.92 Å². The molecule has 0 aliphatic heterocycles. The number of hydrogen-bond donors (Lipinski definition) is 1. The zero-order valence-electron chi connectivity index (χ0n) is 12.2. The Morgan fingerprint density at radius 2 is 1.35 bits per heavy atom. The number of anilines is 1. The Labute approximate surface area is 122 Å². The van der Waals surface area contributed by atoms with Gasteiger partial charge in [-0.05, 0) is 54.9 Å². The van der Waals surface area contributed by atoms with Gasteiger partial charge in [0.15, 0.2) is 0 Å². The SMILES string of the molecule is CC1CCC(Nc2ccc(-c3ccccc3)cc2)CC1. The highest BCUT2D eigenvalue weighted by Crippen LogP contribution is 2.27. The Bertz CT molecular complexity index is 521. The first-order chi connectivity index (χ1) is 9.81. The largest absolute Gasteiger partial charge is 0.382 e. The maximum absolute atomic E-state index is 3.68. The molecular formula is C19H23N. The average Bonchev–Trinajstić information content (AvgIpc) is 2.51. The first kappa shape index (κ1) is 13.2. The minimum absolute atomic E-state index is 0.661. The second kappa shape index (κ2) is 6.13. The molecule has 1 fully saturated rings. The summed E-state index contributed by atoms with van der Waals surface area (Å²) in [7, 11) is 0. The van der Waals surface area contributed by atoms with Gasteiger partial charge >= 0.3 is 0 Å². The molecule has 0 aromatic heterocycles. The lowest BCUT2D eigenvalue weighted by atomic mass is 9.87. The van der Waals surface area contributed by atoms with Crippen molar-refractivity contribution >= 4 is 5.69 Å². The van der Waals surface area contributed by atoms with Gasteiger partial charge in [0.05, 0.1) is 0 Å². The molecular weight excluding hydrogens is 242 g/mol. The maximum atomic E-state index is 3.68. The molecule has 0 bridgehead atoms. The summed E-state index contributed by atoms with van der Waals surface area (Å²) in [6.45, 7) is 2.37. The van der Waals surface area contributed by atoms with Crippen LogP contribution in [0.15, 0.2) is 54.6 Å². The van der Waals surface area contributed by atoms with Crippen molar-refractivity contribution in [2.45, 2.75) is 38.6 Å². The molecule has 0 spiro atoms. The van der Waals surface area contributed by atoms with E-state index >= 15 is 0 Å². The summed E-state index contributed by atoms with van der Waals surface area (Å²) >= 11 is 0. The molecule has 1 saturated carbocycles. The lowest BCUT2D eigenvalue weighted by molar-refractivity contribution is 0.361. The first-order valence-electron chi connectivity index (χ1n) is 7.73. The molecule has 1 heteroatoms. The highest BCUT2D eigenvalue weighted by atomic mass is 14.9. The Morgan fingerprint density at radius 3 is 2.00 bits per heavy atom. The van der Waals surface area contributed by atoms with Crippen molar-refractivity contribution in [2.75, 3.05) is 5.32 Å². The fourth-order valence-corrected chi connectivity index (χ4v) is 3.03. The van der Waals surface area contributed by atoms with Crippen molar-refractivity contribution in [2.24, 2.45) is 5.92 Å². The second-order valence-corrected chi connectivity index (χ2v) is 6.04. The lowest BCUT2D eigenvalue weighted by Gasteiger charge is -2.27. The topological polar surface area (TPSA) is 12.0 Å².